The van der Waals surface area contributed by atoms with Gasteiger partial charge in [-0.15, -0.1) is 0 Å². The lowest BCUT2D eigenvalue weighted by atomic mass is 10.00. The molecule has 0 spiro atoms. The highest BCUT2D eigenvalue weighted by Gasteiger charge is 2.16. The van der Waals surface area contributed by atoms with Crippen molar-refractivity contribution in [3.8, 4) is 11.5 Å². The standard InChI is InChI=1S/C15H25NO2/c1-5-12(3)13(16-6-2)11-18-15-10-8-7-9-14(15)17-4/h7-10,12-13,16H,5-6,11H2,1-4H3. The largest absolute Gasteiger partial charge is 0.493 e. The summed E-state index contributed by atoms with van der Waals surface area (Å²) in [6, 6.07) is 8.15. The highest BCUT2D eigenvalue weighted by Crippen LogP contribution is 2.26. The lowest BCUT2D eigenvalue weighted by Crippen LogP contribution is -2.39. The molecule has 2 atom stereocenters. The van der Waals surface area contributed by atoms with Gasteiger partial charge in [0.25, 0.3) is 0 Å². The Morgan fingerprint density at radius 2 is 1.83 bits per heavy atom. The van der Waals surface area contributed by atoms with E-state index in [2.05, 4.69) is 26.1 Å². The van der Waals surface area contributed by atoms with Crippen molar-refractivity contribution in [2.24, 2.45) is 5.92 Å². The maximum atomic E-state index is 5.88. The molecule has 102 valence electrons. The summed E-state index contributed by atoms with van der Waals surface area (Å²) in [5.41, 5.74) is 0. The molecule has 3 heteroatoms. The van der Waals surface area contributed by atoms with Gasteiger partial charge in [-0.25, -0.2) is 0 Å². The maximum Gasteiger partial charge on any atom is 0.161 e. The van der Waals surface area contributed by atoms with Gasteiger partial charge in [-0.2, -0.15) is 0 Å². The van der Waals surface area contributed by atoms with Gasteiger partial charge in [0.2, 0.25) is 0 Å². The van der Waals surface area contributed by atoms with E-state index in [-0.39, 0.29) is 0 Å². The van der Waals surface area contributed by atoms with Crippen molar-refractivity contribution in [3.05, 3.63) is 24.3 Å². The van der Waals surface area contributed by atoms with Crippen molar-refractivity contribution in [1.82, 2.24) is 5.32 Å². The molecule has 0 aliphatic carbocycles. The molecule has 0 aliphatic heterocycles. The molecule has 3 nitrogen and oxygen atoms in total. The number of rotatable bonds is 8. The molecule has 1 N–H and O–H groups in total. The number of para-hydroxylation sites is 2. The average molecular weight is 251 g/mol. The van der Waals surface area contributed by atoms with Crippen molar-refractivity contribution in [1.29, 1.82) is 0 Å². The molecule has 0 fully saturated rings. The zero-order valence-electron chi connectivity index (χ0n) is 11.9. The summed E-state index contributed by atoms with van der Waals surface area (Å²) in [5, 5.41) is 3.48. The monoisotopic (exact) mass is 251 g/mol. The number of nitrogens with one attached hydrogen (secondary N) is 1. The molecule has 1 aromatic carbocycles. The first-order chi connectivity index (χ1) is 8.72. The van der Waals surface area contributed by atoms with E-state index in [1.165, 1.54) is 0 Å². The van der Waals surface area contributed by atoms with Crippen LogP contribution in [0.25, 0.3) is 0 Å². The van der Waals surface area contributed by atoms with E-state index in [1.54, 1.807) is 7.11 Å². The van der Waals surface area contributed by atoms with Crippen molar-refractivity contribution < 1.29 is 9.47 Å². The Kier molecular flexibility index (Phi) is 6.58. The predicted molar refractivity (Wildman–Crippen MR) is 75.4 cm³/mol. The van der Waals surface area contributed by atoms with Gasteiger partial charge in [-0.1, -0.05) is 39.3 Å². The van der Waals surface area contributed by atoms with Crippen molar-refractivity contribution in [2.75, 3.05) is 20.3 Å². The summed E-state index contributed by atoms with van der Waals surface area (Å²) >= 11 is 0. The zero-order chi connectivity index (χ0) is 13.4. The lowest BCUT2D eigenvalue weighted by molar-refractivity contribution is 0.215. The van der Waals surface area contributed by atoms with Crippen LogP contribution in [0.15, 0.2) is 24.3 Å². The smallest absolute Gasteiger partial charge is 0.161 e. The Balaban J connectivity index is 2.60. The molecule has 0 heterocycles. The predicted octanol–water partition coefficient (Wildman–Crippen LogP) is 3.10. The second kappa shape index (κ2) is 7.98. The number of benzene rings is 1. The van der Waals surface area contributed by atoms with Crippen LogP contribution in [0.1, 0.15) is 27.2 Å². The van der Waals surface area contributed by atoms with Gasteiger partial charge in [0.1, 0.15) is 6.61 Å². The fourth-order valence-corrected chi connectivity index (χ4v) is 1.89. The maximum absolute atomic E-state index is 5.88. The molecule has 0 aromatic heterocycles. The normalized spacial score (nSPS) is 14.0. The molecule has 0 saturated carbocycles. The van der Waals surface area contributed by atoms with E-state index in [1.807, 2.05) is 24.3 Å². The van der Waals surface area contributed by atoms with Crippen LogP contribution in [0.3, 0.4) is 0 Å². The van der Waals surface area contributed by atoms with Crippen LogP contribution in [-0.2, 0) is 0 Å². The minimum Gasteiger partial charge on any atom is -0.493 e. The molecule has 0 radical (unpaired) electrons. The third-order valence-corrected chi connectivity index (χ3v) is 3.28. The van der Waals surface area contributed by atoms with Crippen LogP contribution in [0.5, 0.6) is 11.5 Å². The van der Waals surface area contributed by atoms with Gasteiger partial charge in [-0.05, 0) is 24.6 Å². The zero-order valence-corrected chi connectivity index (χ0v) is 11.9. The highest BCUT2D eigenvalue weighted by atomic mass is 16.5. The van der Waals surface area contributed by atoms with Crippen LogP contribution in [0.2, 0.25) is 0 Å². The second-order valence-electron chi connectivity index (χ2n) is 4.51. The molecule has 0 amide bonds. The van der Waals surface area contributed by atoms with Crippen molar-refractivity contribution >= 4 is 0 Å². The Hall–Kier alpha value is -1.22. The van der Waals surface area contributed by atoms with Crippen molar-refractivity contribution in [3.63, 3.8) is 0 Å². The van der Waals surface area contributed by atoms with Crippen LogP contribution in [0.4, 0.5) is 0 Å². The fraction of sp³-hybridized carbons (Fsp3) is 0.600. The Labute approximate surface area is 110 Å². The molecular weight excluding hydrogens is 226 g/mol. The quantitative estimate of drug-likeness (QED) is 0.770. The SMILES string of the molecule is CCNC(COc1ccccc1OC)C(C)CC. The Bertz CT molecular complexity index is 341. The van der Waals surface area contributed by atoms with Gasteiger partial charge in [-0.3, -0.25) is 0 Å². The third kappa shape index (κ3) is 4.22. The van der Waals surface area contributed by atoms with Gasteiger partial charge in [0, 0.05) is 6.04 Å². The minimum atomic E-state index is 0.380. The summed E-state index contributed by atoms with van der Waals surface area (Å²) in [4.78, 5) is 0. The number of methoxy groups -OCH3 is 1. The van der Waals surface area contributed by atoms with Crippen LogP contribution >= 0.6 is 0 Å². The molecule has 2 unspecified atom stereocenters. The minimum absolute atomic E-state index is 0.380. The molecule has 0 aliphatic rings. The van der Waals surface area contributed by atoms with E-state index in [0.717, 1.165) is 24.5 Å². The number of hydrogen-bond acceptors (Lipinski definition) is 3. The van der Waals surface area contributed by atoms with Crippen LogP contribution < -0.4 is 14.8 Å². The molecule has 1 aromatic rings. The second-order valence-corrected chi connectivity index (χ2v) is 4.51. The van der Waals surface area contributed by atoms with Crippen molar-refractivity contribution in [2.45, 2.75) is 33.2 Å². The Morgan fingerprint density at radius 3 is 2.39 bits per heavy atom. The topological polar surface area (TPSA) is 30.5 Å². The third-order valence-electron chi connectivity index (χ3n) is 3.28. The summed E-state index contributed by atoms with van der Waals surface area (Å²) in [6.07, 6.45) is 1.15. The summed E-state index contributed by atoms with van der Waals surface area (Å²) in [5.74, 6) is 2.20. The van der Waals surface area contributed by atoms with Gasteiger partial charge in [0.05, 0.1) is 7.11 Å². The molecular formula is C15H25NO2. The summed E-state index contributed by atoms with van der Waals surface area (Å²) < 4.78 is 11.2. The molecule has 18 heavy (non-hydrogen) atoms. The van der Waals surface area contributed by atoms with E-state index < -0.39 is 0 Å². The van der Waals surface area contributed by atoms with E-state index >= 15 is 0 Å². The molecule has 0 bridgehead atoms. The van der Waals surface area contributed by atoms with Crippen LogP contribution in [-0.4, -0.2) is 26.3 Å². The Morgan fingerprint density at radius 1 is 1.17 bits per heavy atom. The average Bonchev–Trinajstić information content (AvgIpc) is 2.42. The van der Waals surface area contributed by atoms with E-state index in [4.69, 9.17) is 9.47 Å². The number of ether oxygens (including phenoxy) is 2. The highest BCUT2D eigenvalue weighted by molar-refractivity contribution is 5.39. The van der Waals surface area contributed by atoms with E-state index in [0.29, 0.717) is 18.6 Å². The lowest BCUT2D eigenvalue weighted by Gasteiger charge is -2.24. The number of likely N-dealkylation sites (N-methyl/N-ethyl adjacent to an activating group) is 1. The molecule has 0 saturated heterocycles. The van der Waals surface area contributed by atoms with Gasteiger partial charge in [0.15, 0.2) is 11.5 Å². The fourth-order valence-electron chi connectivity index (χ4n) is 1.89. The van der Waals surface area contributed by atoms with Gasteiger partial charge >= 0.3 is 0 Å². The van der Waals surface area contributed by atoms with Crippen LogP contribution in [0, 0.1) is 5.92 Å². The number of hydrogen-bond donors (Lipinski definition) is 1. The van der Waals surface area contributed by atoms with Gasteiger partial charge < -0.3 is 14.8 Å². The first-order valence-electron chi connectivity index (χ1n) is 6.72. The summed E-state index contributed by atoms with van der Waals surface area (Å²) in [7, 11) is 1.67. The molecule has 1 rings (SSSR count). The summed E-state index contributed by atoms with van der Waals surface area (Å²) in [6.45, 7) is 8.21. The first kappa shape index (κ1) is 14.8. The van der Waals surface area contributed by atoms with E-state index in [9.17, 15) is 0 Å². The first-order valence-corrected chi connectivity index (χ1v) is 6.72.